The average molecular weight is 212 g/mol. The zero-order chi connectivity index (χ0) is 10.4. The van der Waals surface area contributed by atoms with Crippen molar-refractivity contribution in [1.29, 1.82) is 0 Å². The largest absolute Gasteiger partial charge is 0.508 e. The van der Waals surface area contributed by atoms with E-state index in [-0.39, 0.29) is 6.29 Å². The molecule has 1 atom stereocenters. The normalized spacial score (nSPS) is 13.6. The molecule has 0 saturated heterocycles. The molecule has 0 amide bonds. The van der Waals surface area contributed by atoms with Crippen molar-refractivity contribution in [1.82, 2.24) is 0 Å². The smallest absolute Gasteiger partial charge is 0.199 e. The van der Waals surface area contributed by atoms with Crippen molar-refractivity contribution in [3.05, 3.63) is 24.3 Å². The van der Waals surface area contributed by atoms with Crippen LogP contribution in [0.25, 0.3) is 0 Å². The lowest BCUT2D eigenvalue weighted by Gasteiger charge is -2.14. The fourth-order valence-corrected chi connectivity index (χ4v) is 2.40. The van der Waals surface area contributed by atoms with Gasteiger partial charge in [-0.05, 0) is 12.5 Å². The molecule has 0 fully saturated rings. The zero-order valence-corrected chi connectivity index (χ0v) is 9.98. The molecular weight excluding hydrogens is 196 g/mol. The van der Waals surface area contributed by atoms with Crippen molar-refractivity contribution in [3.8, 4) is 5.75 Å². The summed E-state index contributed by atoms with van der Waals surface area (Å²) in [6, 6.07) is 7.28. The van der Waals surface area contributed by atoms with Gasteiger partial charge in [-0.3, -0.25) is 0 Å². The van der Waals surface area contributed by atoms with E-state index in [9.17, 15) is 5.11 Å². The van der Waals surface area contributed by atoms with E-state index < -0.39 is 9.76 Å². The van der Waals surface area contributed by atoms with E-state index in [2.05, 4.69) is 0 Å². The van der Waals surface area contributed by atoms with Crippen LogP contribution >= 0.6 is 0 Å². The highest BCUT2D eigenvalue weighted by Crippen LogP contribution is 2.03. The molecule has 1 unspecified atom stereocenters. The summed E-state index contributed by atoms with van der Waals surface area (Å²) in [5, 5.41) is 10.4. The van der Waals surface area contributed by atoms with Crippen molar-refractivity contribution in [2.75, 3.05) is 7.11 Å². The van der Waals surface area contributed by atoms with Gasteiger partial charge in [0.05, 0.1) is 0 Å². The van der Waals surface area contributed by atoms with Crippen LogP contribution in [0.5, 0.6) is 5.75 Å². The van der Waals surface area contributed by atoms with Crippen molar-refractivity contribution < 1.29 is 14.3 Å². The lowest BCUT2D eigenvalue weighted by Crippen LogP contribution is -2.25. The van der Waals surface area contributed by atoms with Gasteiger partial charge in [0.2, 0.25) is 0 Å². The minimum atomic E-state index is -0.885. The third-order valence-corrected chi connectivity index (χ3v) is 3.46. The number of benzene rings is 1. The second-order valence-electron chi connectivity index (χ2n) is 3.01. The number of para-hydroxylation sites is 1. The molecule has 0 bridgehead atoms. The number of hydrogen-bond donors (Lipinski definition) is 1. The van der Waals surface area contributed by atoms with Crippen LogP contribution in [0.4, 0.5) is 0 Å². The van der Waals surface area contributed by atoms with Gasteiger partial charge in [0.15, 0.2) is 9.76 Å². The zero-order valence-electron chi connectivity index (χ0n) is 8.56. The van der Waals surface area contributed by atoms with Gasteiger partial charge in [0.25, 0.3) is 0 Å². The minimum absolute atomic E-state index is 0.138. The summed E-state index contributed by atoms with van der Waals surface area (Å²) in [5.41, 5.74) is 0. The van der Waals surface area contributed by atoms with Crippen molar-refractivity contribution >= 4 is 14.9 Å². The summed E-state index contributed by atoms with van der Waals surface area (Å²) in [5.74, 6) is 0.324. The third kappa shape index (κ3) is 3.14. The molecule has 1 aromatic carbocycles. The van der Waals surface area contributed by atoms with Gasteiger partial charge in [-0.15, -0.1) is 0 Å². The molecule has 4 heteroatoms. The highest BCUT2D eigenvalue weighted by Gasteiger charge is 2.06. The Morgan fingerprint density at radius 2 is 2.14 bits per heavy atom. The number of aromatic hydroxyl groups is 1. The predicted octanol–water partition coefficient (Wildman–Crippen LogP) is 0.500. The topological polar surface area (TPSA) is 38.7 Å². The van der Waals surface area contributed by atoms with Gasteiger partial charge in [-0.2, -0.15) is 0 Å². The predicted molar refractivity (Wildman–Crippen MR) is 58.5 cm³/mol. The van der Waals surface area contributed by atoms with Crippen LogP contribution in [0.2, 0.25) is 0 Å². The summed E-state index contributed by atoms with van der Waals surface area (Å²) in [6.07, 6.45) is 0.693. The highest BCUT2D eigenvalue weighted by atomic mass is 28.2. The van der Waals surface area contributed by atoms with E-state index in [4.69, 9.17) is 9.16 Å². The van der Waals surface area contributed by atoms with Crippen LogP contribution in [-0.4, -0.2) is 28.3 Å². The number of ether oxygens (including phenoxy) is 1. The summed E-state index contributed by atoms with van der Waals surface area (Å²) in [6.45, 7) is 2.01. The van der Waals surface area contributed by atoms with Gasteiger partial charge in [0.1, 0.15) is 12.0 Å². The average Bonchev–Trinajstić information content (AvgIpc) is 2.22. The maximum absolute atomic E-state index is 9.48. The second-order valence-corrected chi connectivity index (χ2v) is 4.40. The van der Waals surface area contributed by atoms with Crippen LogP contribution in [-0.2, 0) is 9.16 Å². The van der Waals surface area contributed by atoms with Crippen LogP contribution in [0.3, 0.4) is 0 Å². The molecule has 0 saturated carbocycles. The maximum Gasteiger partial charge on any atom is 0.199 e. The van der Waals surface area contributed by atoms with Gasteiger partial charge in [0, 0.05) is 12.3 Å². The van der Waals surface area contributed by atoms with Crippen LogP contribution in [0.1, 0.15) is 13.3 Å². The molecule has 0 aromatic heterocycles. The minimum Gasteiger partial charge on any atom is -0.508 e. The first kappa shape index (κ1) is 11.2. The monoisotopic (exact) mass is 212 g/mol. The fraction of sp³-hybridized carbons (Fsp3) is 0.400. The van der Waals surface area contributed by atoms with E-state index in [1.54, 1.807) is 19.2 Å². The molecule has 3 nitrogen and oxygen atoms in total. The van der Waals surface area contributed by atoms with Gasteiger partial charge < -0.3 is 14.3 Å². The van der Waals surface area contributed by atoms with Crippen LogP contribution in [0, 0.1) is 0 Å². The summed E-state index contributed by atoms with van der Waals surface area (Å²) < 4.78 is 10.7. The Morgan fingerprint density at radius 1 is 1.43 bits per heavy atom. The Kier molecular flexibility index (Phi) is 4.65. The molecule has 1 aromatic rings. The molecule has 14 heavy (non-hydrogen) atoms. The lowest BCUT2D eigenvalue weighted by molar-refractivity contribution is -0.0525. The Labute approximate surface area is 86.6 Å². The first-order valence-corrected chi connectivity index (χ1v) is 5.97. The van der Waals surface area contributed by atoms with Crippen molar-refractivity contribution in [3.63, 3.8) is 0 Å². The number of methoxy groups -OCH3 is 1. The number of hydrogen-bond acceptors (Lipinski definition) is 3. The molecule has 1 N–H and O–H groups in total. The first-order chi connectivity index (χ1) is 6.77. The summed E-state index contributed by atoms with van der Waals surface area (Å²) in [7, 11) is 0.748. The first-order valence-electron chi connectivity index (χ1n) is 4.69. The Balaban J connectivity index is 2.49. The quantitative estimate of drug-likeness (QED) is 0.570. The summed E-state index contributed by atoms with van der Waals surface area (Å²) in [4.78, 5) is 0. The highest BCUT2D eigenvalue weighted by molar-refractivity contribution is 6.48. The molecule has 0 spiro atoms. The summed E-state index contributed by atoms with van der Waals surface area (Å²) >= 11 is 0. The molecule has 1 rings (SSSR count). The number of phenols is 1. The Hall–Kier alpha value is -0.843. The van der Waals surface area contributed by atoms with Crippen molar-refractivity contribution in [2.24, 2.45) is 0 Å². The lowest BCUT2D eigenvalue weighted by atomic mass is 10.3. The van der Waals surface area contributed by atoms with Crippen LogP contribution in [0.15, 0.2) is 24.3 Å². The van der Waals surface area contributed by atoms with E-state index in [0.29, 0.717) is 5.75 Å². The Bertz CT molecular complexity index is 274. The van der Waals surface area contributed by atoms with E-state index in [1.165, 1.54) is 0 Å². The van der Waals surface area contributed by atoms with E-state index in [1.807, 2.05) is 19.1 Å². The van der Waals surface area contributed by atoms with E-state index in [0.717, 1.165) is 11.6 Å². The fourth-order valence-electron chi connectivity index (χ4n) is 1.17. The maximum atomic E-state index is 9.48. The molecule has 78 valence electrons. The Morgan fingerprint density at radius 3 is 2.71 bits per heavy atom. The molecule has 0 aliphatic heterocycles. The van der Waals surface area contributed by atoms with Gasteiger partial charge in [-0.1, -0.05) is 25.1 Å². The SMILES string of the molecule is CCC(OC)O[SiH2]c1ccccc1O. The van der Waals surface area contributed by atoms with Crippen molar-refractivity contribution in [2.45, 2.75) is 19.6 Å². The van der Waals surface area contributed by atoms with E-state index >= 15 is 0 Å². The molecule has 0 radical (unpaired) electrons. The standard InChI is InChI=1S/C10H16O3Si/c1-3-10(12-2)13-14-9-7-5-4-6-8(9)11/h4-7,10-11H,3,14H2,1-2H3. The molecule has 0 aliphatic carbocycles. The van der Waals surface area contributed by atoms with Gasteiger partial charge in [-0.25, -0.2) is 0 Å². The van der Waals surface area contributed by atoms with Gasteiger partial charge >= 0.3 is 0 Å². The molecular formula is C10H16O3Si. The number of phenolic OH excluding ortho intramolecular Hbond substituents is 1. The molecule has 0 heterocycles. The van der Waals surface area contributed by atoms with Crippen LogP contribution < -0.4 is 5.19 Å². The molecule has 0 aliphatic rings. The number of rotatable bonds is 5. The second kappa shape index (κ2) is 5.80. The third-order valence-electron chi connectivity index (χ3n) is 2.01.